The van der Waals surface area contributed by atoms with Crippen LogP contribution in [0.25, 0.3) is 11.1 Å². The first-order chi connectivity index (χ1) is 17.9. The molecule has 3 aliphatic rings. The Morgan fingerprint density at radius 2 is 1.76 bits per heavy atom. The second-order valence-electron chi connectivity index (χ2n) is 10.1. The molecular weight excluding hydrogens is 490 g/mol. The first-order valence-electron chi connectivity index (χ1n) is 11.9. The molecule has 10 nitrogen and oxygen atoms in total. The fraction of sp³-hybridized carbons (Fsp3) is 0.286. The van der Waals surface area contributed by atoms with Crippen LogP contribution in [0.4, 0.5) is 0 Å². The number of primary amides is 1. The molecule has 0 unspecified atom stereocenters. The number of nitrogens with zero attached hydrogens (tertiary/aromatic N) is 2. The molecule has 0 spiro atoms. The van der Waals surface area contributed by atoms with E-state index in [1.165, 1.54) is 11.0 Å². The number of nitrogens with two attached hydrogens (primary N) is 1. The number of hydrogen-bond donors (Lipinski definition) is 5. The number of benzene rings is 2. The Labute approximate surface area is 217 Å². The smallest absolute Gasteiger partial charge is 0.255 e. The van der Waals surface area contributed by atoms with Crippen LogP contribution in [0.2, 0.25) is 0 Å². The average molecular weight is 516 g/mol. The standard InChI is InChI=1S/C28H25N3O7/c1-31(2)22-17-10-14-9-16-15(13-5-3-12(11-29)4-6-13)7-8-18(32)20(16)23(33)19(14)25(35)28(17,38)26(36)21(24(22)34)27(30)37/h3-8,14,17,22,32,34-35,38H,9-10H2,1-2H3,(H2,30,37)/t14-,17+,22-,28-/m0/s1. The van der Waals surface area contributed by atoms with E-state index in [1.54, 1.807) is 44.4 Å². The van der Waals surface area contributed by atoms with Gasteiger partial charge in [0.25, 0.3) is 5.91 Å². The summed E-state index contributed by atoms with van der Waals surface area (Å²) in [5.41, 5.74) is 3.89. The van der Waals surface area contributed by atoms with Crippen molar-refractivity contribution in [1.82, 2.24) is 4.90 Å². The summed E-state index contributed by atoms with van der Waals surface area (Å²) >= 11 is 0. The number of fused-ring (bicyclic) bond motifs is 3. The summed E-state index contributed by atoms with van der Waals surface area (Å²) in [5, 5.41) is 53.6. The number of aromatic hydroxyl groups is 1. The summed E-state index contributed by atoms with van der Waals surface area (Å²) in [4.78, 5) is 40.7. The van der Waals surface area contributed by atoms with E-state index >= 15 is 0 Å². The number of carbonyl (C=O) groups is 3. The quantitative estimate of drug-likeness (QED) is 0.379. The average Bonchev–Trinajstić information content (AvgIpc) is 2.86. The van der Waals surface area contributed by atoms with Gasteiger partial charge in [-0.3, -0.25) is 19.3 Å². The highest BCUT2D eigenvalue weighted by Crippen LogP contribution is 2.53. The molecule has 10 heteroatoms. The number of nitriles is 1. The van der Waals surface area contributed by atoms with Crippen LogP contribution in [-0.4, -0.2) is 68.5 Å². The first kappa shape index (κ1) is 25.2. The van der Waals surface area contributed by atoms with Gasteiger partial charge in [-0.2, -0.15) is 5.26 Å². The van der Waals surface area contributed by atoms with E-state index < -0.39 is 58.0 Å². The molecule has 0 bridgehead atoms. The first-order valence-corrected chi connectivity index (χ1v) is 11.9. The van der Waals surface area contributed by atoms with Crippen LogP contribution in [0.15, 0.2) is 59.1 Å². The summed E-state index contributed by atoms with van der Waals surface area (Å²) < 4.78 is 0. The van der Waals surface area contributed by atoms with Crippen LogP contribution in [0.3, 0.4) is 0 Å². The Morgan fingerprint density at radius 3 is 2.34 bits per heavy atom. The maximum atomic E-state index is 13.8. The number of hydrogen-bond acceptors (Lipinski definition) is 9. The van der Waals surface area contributed by atoms with E-state index in [0.29, 0.717) is 22.3 Å². The number of phenols is 1. The van der Waals surface area contributed by atoms with Gasteiger partial charge in [0.15, 0.2) is 11.4 Å². The van der Waals surface area contributed by atoms with E-state index in [9.17, 15) is 34.8 Å². The molecule has 0 heterocycles. The van der Waals surface area contributed by atoms with Crippen molar-refractivity contribution in [1.29, 1.82) is 5.26 Å². The van der Waals surface area contributed by atoms with Crippen LogP contribution >= 0.6 is 0 Å². The third-order valence-electron chi connectivity index (χ3n) is 7.93. The Morgan fingerprint density at radius 1 is 1.11 bits per heavy atom. The number of Topliss-reactive ketones (excluding diaryl/α,β-unsaturated/α-hetero) is 2. The van der Waals surface area contributed by atoms with Gasteiger partial charge in [0.05, 0.1) is 23.2 Å². The molecule has 194 valence electrons. The molecule has 6 N–H and O–H groups in total. The Balaban J connectivity index is 1.71. The number of carbonyl (C=O) groups excluding carboxylic acids is 3. The zero-order chi connectivity index (χ0) is 27.7. The number of phenolic OH excluding ortho intramolecular Hbond substituents is 1. The molecule has 4 atom stereocenters. The van der Waals surface area contributed by atoms with E-state index in [-0.39, 0.29) is 29.7 Å². The van der Waals surface area contributed by atoms with E-state index in [4.69, 9.17) is 11.0 Å². The molecule has 0 aromatic heterocycles. The molecule has 0 saturated heterocycles. The lowest BCUT2D eigenvalue weighted by atomic mass is 9.58. The monoisotopic (exact) mass is 515 g/mol. The van der Waals surface area contributed by atoms with Crippen molar-refractivity contribution in [2.24, 2.45) is 17.6 Å². The highest BCUT2D eigenvalue weighted by Gasteiger charge is 2.63. The number of ketones is 2. The van der Waals surface area contributed by atoms with Crippen LogP contribution in [0, 0.1) is 23.2 Å². The van der Waals surface area contributed by atoms with Gasteiger partial charge in [-0.15, -0.1) is 0 Å². The molecule has 2 aromatic carbocycles. The molecule has 0 radical (unpaired) electrons. The minimum atomic E-state index is -2.68. The predicted octanol–water partition coefficient (Wildman–Crippen LogP) is 1.66. The molecule has 1 amide bonds. The second-order valence-corrected chi connectivity index (χ2v) is 10.1. The summed E-state index contributed by atoms with van der Waals surface area (Å²) in [5.74, 6) is -6.89. The molecular formula is C28H25N3O7. The normalized spacial score (nSPS) is 26.6. The molecule has 0 saturated carbocycles. The third-order valence-corrected chi connectivity index (χ3v) is 7.93. The van der Waals surface area contributed by atoms with Crippen molar-refractivity contribution in [3.63, 3.8) is 0 Å². The maximum Gasteiger partial charge on any atom is 0.255 e. The Kier molecular flexibility index (Phi) is 5.67. The maximum absolute atomic E-state index is 13.8. The van der Waals surface area contributed by atoms with Crippen LogP contribution < -0.4 is 5.73 Å². The predicted molar refractivity (Wildman–Crippen MR) is 134 cm³/mol. The highest BCUT2D eigenvalue weighted by atomic mass is 16.3. The van der Waals surface area contributed by atoms with Gasteiger partial charge in [-0.25, -0.2) is 0 Å². The lowest BCUT2D eigenvalue weighted by molar-refractivity contribution is -0.148. The van der Waals surface area contributed by atoms with Gasteiger partial charge in [0.1, 0.15) is 22.8 Å². The molecule has 0 fully saturated rings. The van der Waals surface area contributed by atoms with Gasteiger partial charge in [0.2, 0.25) is 5.78 Å². The number of aliphatic hydroxyl groups is 3. The SMILES string of the molecule is CN(C)[C@@H]1C(O)=C(C(N)=O)C(=O)[C@@]2(O)C(O)=C3C(=O)c4c(O)ccc(-c5ccc(C#N)cc5)c4C[C@H]3C[C@H]12. The van der Waals surface area contributed by atoms with Gasteiger partial charge in [-0.1, -0.05) is 18.2 Å². The summed E-state index contributed by atoms with van der Waals surface area (Å²) in [6.45, 7) is 0. The Hall–Kier alpha value is -4.46. The number of likely N-dealkylation sites (N-methyl/N-ethyl adjacent to an activating group) is 1. The fourth-order valence-corrected chi connectivity index (χ4v) is 6.25. The van der Waals surface area contributed by atoms with E-state index in [0.717, 1.165) is 0 Å². The zero-order valence-corrected chi connectivity index (χ0v) is 20.6. The number of amides is 1. The lowest BCUT2D eigenvalue weighted by Gasteiger charge is -2.50. The van der Waals surface area contributed by atoms with Crippen LogP contribution in [0.1, 0.15) is 27.9 Å². The van der Waals surface area contributed by atoms with Crippen molar-refractivity contribution >= 4 is 17.5 Å². The number of aliphatic hydroxyl groups excluding tert-OH is 2. The molecule has 3 aliphatic carbocycles. The van der Waals surface area contributed by atoms with E-state index in [1.807, 2.05) is 0 Å². The minimum Gasteiger partial charge on any atom is -0.510 e. The third kappa shape index (κ3) is 3.29. The summed E-state index contributed by atoms with van der Waals surface area (Å²) in [6.07, 6.45) is 0.187. The van der Waals surface area contributed by atoms with Crippen LogP contribution in [0.5, 0.6) is 5.75 Å². The van der Waals surface area contributed by atoms with Gasteiger partial charge in [-0.05, 0) is 67.7 Å². The topological polar surface area (TPSA) is 185 Å². The molecule has 38 heavy (non-hydrogen) atoms. The van der Waals surface area contributed by atoms with E-state index in [2.05, 4.69) is 6.07 Å². The largest absolute Gasteiger partial charge is 0.510 e. The van der Waals surface area contributed by atoms with Crippen molar-refractivity contribution in [3.05, 3.63) is 75.8 Å². The van der Waals surface area contributed by atoms with Crippen molar-refractivity contribution < 1.29 is 34.8 Å². The highest BCUT2D eigenvalue weighted by molar-refractivity contribution is 6.24. The van der Waals surface area contributed by atoms with Crippen molar-refractivity contribution in [3.8, 4) is 22.9 Å². The van der Waals surface area contributed by atoms with Crippen LogP contribution in [-0.2, 0) is 16.0 Å². The summed E-state index contributed by atoms with van der Waals surface area (Å²) in [7, 11) is 3.16. The number of rotatable bonds is 3. The molecule has 0 aliphatic heterocycles. The fourth-order valence-electron chi connectivity index (χ4n) is 6.25. The van der Waals surface area contributed by atoms with Crippen molar-refractivity contribution in [2.45, 2.75) is 24.5 Å². The zero-order valence-electron chi connectivity index (χ0n) is 20.6. The number of allylic oxidation sites excluding steroid dienone is 1. The molecule has 2 aromatic rings. The van der Waals surface area contributed by atoms with Crippen molar-refractivity contribution in [2.75, 3.05) is 14.1 Å². The molecule has 5 rings (SSSR count). The van der Waals surface area contributed by atoms with Gasteiger partial charge < -0.3 is 26.2 Å². The van der Waals surface area contributed by atoms with Gasteiger partial charge >= 0.3 is 0 Å². The Bertz CT molecular complexity index is 1530. The second kappa shape index (κ2) is 8.55. The lowest BCUT2D eigenvalue weighted by Crippen LogP contribution is -2.63. The minimum absolute atomic E-state index is 0.00816. The summed E-state index contributed by atoms with van der Waals surface area (Å²) in [6, 6.07) is 10.7. The van der Waals surface area contributed by atoms with Gasteiger partial charge in [0, 0.05) is 11.5 Å².